The first-order valence-corrected chi connectivity index (χ1v) is 6.50. The van der Waals surface area contributed by atoms with E-state index in [0.29, 0.717) is 5.69 Å². The van der Waals surface area contributed by atoms with Crippen LogP contribution in [-0.4, -0.2) is 25.2 Å². The smallest absolute Gasteiger partial charge is 0.146 e. The lowest BCUT2D eigenvalue weighted by Crippen LogP contribution is -2.45. The lowest BCUT2D eigenvalue weighted by atomic mass is 9.93. The van der Waals surface area contributed by atoms with Crippen molar-refractivity contribution >= 4 is 5.69 Å². The summed E-state index contributed by atoms with van der Waals surface area (Å²) in [6.45, 7) is 0.282. The molecule has 2 rings (SSSR count). The fraction of sp³-hybridized carbons (Fsp3) is 0.250. The molecule has 0 spiro atoms. The molecular weight excluding hydrogens is 255 g/mol. The molecule has 2 aromatic rings. The summed E-state index contributed by atoms with van der Waals surface area (Å²) in [5.74, 6) is -0.317. The van der Waals surface area contributed by atoms with Gasteiger partial charge < -0.3 is 15.7 Å². The molecule has 0 bridgehead atoms. The summed E-state index contributed by atoms with van der Waals surface area (Å²) in [5, 5.41) is 10.7. The Balaban J connectivity index is 2.24. The third-order valence-corrected chi connectivity index (χ3v) is 3.41. The molecule has 4 heteroatoms. The summed E-state index contributed by atoms with van der Waals surface area (Å²) in [6, 6.07) is 15.7. The fourth-order valence-electron chi connectivity index (χ4n) is 2.26. The van der Waals surface area contributed by atoms with Gasteiger partial charge in [0.15, 0.2) is 0 Å². The van der Waals surface area contributed by atoms with Crippen LogP contribution in [0.5, 0.6) is 0 Å². The van der Waals surface area contributed by atoms with Crippen LogP contribution < -0.4 is 10.6 Å². The number of anilines is 1. The van der Waals surface area contributed by atoms with Crippen LogP contribution in [0.15, 0.2) is 54.6 Å². The number of benzene rings is 2. The second kappa shape index (κ2) is 6.03. The Morgan fingerprint density at radius 3 is 2.30 bits per heavy atom. The predicted octanol–water partition coefficient (Wildman–Crippen LogP) is 2.11. The maximum atomic E-state index is 13.8. The summed E-state index contributed by atoms with van der Waals surface area (Å²) >= 11 is 0. The SMILES string of the molecule is CN(CC(O)(CN)c1ccccc1)c1ccccc1F. The van der Waals surface area contributed by atoms with Crippen LogP contribution >= 0.6 is 0 Å². The van der Waals surface area contributed by atoms with E-state index in [1.165, 1.54) is 6.07 Å². The number of halogens is 1. The van der Waals surface area contributed by atoms with E-state index in [0.717, 1.165) is 5.56 Å². The second-order valence-electron chi connectivity index (χ2n) is 4.91. The average molecular weight is 274 g/mol. The number of nitrogens with two attached hydrogens (primary N) is 1. The summed E-state index contributed by atoms with van der Waals surface area (Å²) in [4.78, 5) is 1.68. The number of aliphatic hydroxyl groups is 1. The van der Waals surface area contributed by atoms with Crippen LogP contribution in [0.4, 0.5) is 10.1 Å². The Morgan fingerprint density at radius 1 is 1.10 bits per heavy atom. The molecule has 20 heavy (non-hydrogen) atoms. The zero-order valence-electron chi connectivity index (χ0n) is 11.5. The van der Waals surface area contributed by atoms with Gasteiger partial charge in [-0.25, -0.2) is 4.39 Å². The van der Waals surface area contributed by atoms with E-state index in [1.807, 2.05) is 30.3 Å². The van der Waals surface area contributed by atoms with Crippen molar-refractivity contribution in [2.24, 2.45) is 5.73 Å². The molecule has 0 aliphatic rings. The minimum atomic E-state index is -1.21. The number of hydrogen-bond acceptors (Lipinski definition) is 3. The van der Waals surface area contributed by atoms with Gasteiger partial charge in [-0.2, -0.15) is 0 Å². The van der Waals surface area contributed by atoms with E-state index in [2.05, 4.69) is 0 Å². The fourth-order valence-corrected chi connectivity index (χ4v) is 2.26. The van der Waals surface area contributed by atoms with Crippen molar-refractivity contribution in [3.05, 3.63) is 66.0 Å². The Hall–Kier alpha value is -1.91. The molecule has 1 atom stereocenters. The van der Waals surface area contributed by atoms with Crippen molar-refractivity contribution in [3.8, 4) is 0 Å². The molecule has 0 saturated carbocycles. The minimum Gasteiger partial charge on any atom is -0.382 e. The van der Waals surface area contributed by atoms with Crippen molar-refractivity contribution in [1.82, 2.24) is 0 Å². The first-order valence-electron chi connectivity index (χ1n) is 6.50. The summed E-state index contributed by atoms with van der Waals surface area (Å²) in [7, 11) is 1.74. The van der Waals surface area contributed by atoms with Gasteiger partial charge >= 0.3 is 0 Å². The Labute approximate surface area is 118 Å². The van der Waals surface area contributed by atoms with E-state index in [-0.39, 0.29) is 18.9 Å². The van der Waals surface area contributed by atoms with Crippen molar-refractivity contribution in [2.75, 3.05) is 25.0 Å². The standard InChI is InChI=1S/C16H19FN2O/c1-19(15-10-6-5-9-14(15)17)12-16(20,11-18)13-7-3-2-4-8-13/h2-10,20H,11-12,18H2,1H3. The highest BCUT2D eigenvalue weighted by atomic mass is 19.1. The van der Waals surface area contributed by atoms with Gasteiger partial charge in [0.1, 0.15) is 11.4 Å². The predicted molar refractivity (Wildman–Crippen MR) is 79.1 cm³/mol. The molecule has 0 aliphatic heterocycles. The molecule has 0 heterocycles. The van der Waals surface area contributed by atoms with Crippen LogP contribution in [0, 0.1) is 5.82 Å². The largest absolute Gasteiger partial charge is 0.382 e. The second-order valence-corrected chi connectivity index (χ2v) is 4.91. The van der Waals surface area contributed by atoms with Crippen LogP contribution in [0.3, 0.4) is 0 Å². The zero-order chi connectivity index (χ0) is 14.6. The molecular formula is C16H19FN2O. The van der Waals surface area contributed by atoms with Crippen LogP contribution in [0.2, 0.25) is 0 Å². The third-order valence-electron chi connectivity index (χ3n) is 3.41. The molecule has 0 aliphatic carbocycles. The van der Waals surface area contributed by atoms with Gasteiger partial charge in [0, 0.05) is 13.6 Å². The lowest BCUT2D eigenvalue weighted by Gasteiger charge is -2.33. The monoisotopic (exact) mass is 274 g/mol. The van der Waals surface area contributed by atoms with Gasteiger partial charge in [0.25, 0.3) is 0 Å². The topological polar surface area (TPSA) is 49.5 Å². The number of likely N-dealkylation sites (N-methyl/N-ethyl adjacent to an activating group) is 1. The molecule has 0 fully saturated rings. The number of rotatable bonds is 5. The Kier molecular flexibility index (Phi) is 4.37. The van der Waals surface area contributed by atoms with E-state index in [1.54, 1.807) is 30.1 Å². The van der Waals surface area contributed by atoms with Crippen LogP contribution in [-0.2, 0) is 5.60 Å². The number of nitrogens with zero attached hydrogens (tertiary/aromatic N) is 1. The van der Waals surface area contributed by atoms with Gasteiger partial charge in [-0.1, -0.05) is 42.5 Å². The molecule has 2 aromatic carbocycles. The Morgan fingerprint density at radius 2 is 1.70 bits per heavy atom. The van der Waals surface area contributed by atoms with Crippen molar-refractivity contribution in [2.45, 2.75) is 5.60 Å². The summed E-state index contributed by atoms with van der Waals surface area (Å²) in [5.41, 5.74) is 5.69. The minimum absolute atomic E-state index is 0.0653. The molecule has 0 amide bonds. The van der Waals surface area contributed by atoms with Crippen LogP contribution in [0.1, 0.15) is 5.56 Å². The maximum absolute atomic E-state index is 13.8. The molecule has 3 nitrogen and oxygen atoms in total. The molecule has 1 unspecified atom stereocenters. The van der Waals surface area contributed by atoms with Gasteiger partial charge in [0.05, 0.1) is 12.2 Å². The van der Waals surface area contributed by atoms with E-state index in [4.69, 9.17) is 5.73 Å². The third kappa shape index (κ3) is 2.98. The molecule has 3 N–H and O–H groups in total. The average Bonchev–Trinajstić information content (AvgIpc) is 2.48. The van der Waals surface area contributed by atoms with Crippen LogP contribution in [0.25, 0.3) is 0 Å². The van der Waals surface area contributed by atoms with E-state index >= 15 is 0 Å². The summed E-state index contributed by atoms with van der Waals surface area (Å²) in [6.07, 6.45) is 0. The van der Waals surface area contributed by atoms with Crippen molar-refractivity contribution in [3.63, 3.8) is 0 Å². The maximum Gasteiger partial charge on any atom is 0.146 e. The number of para-hydroxylation sites is 1. The molecule has 0 aromatic heterocycles. The highest BCUT2D eigenvalue weighted by Gasteiger charge is 2.29. The lowest BCUT2D eigenvalue weighted by molar-refractivity contribution is 0.0542. The quantitative estimate of drug-likeness (QED) is 0.878. The van der Waals surface area contributed by atoms with Crippen molar-refractivity contribution in [1.29, 1.82) is 0 Å². The first-order chi connectivity index (χ1) is 9.57. The summed E-state index contributed by atoms with van der Waals surface area (Å²) < 4.78 is 13.8. The highest BCUT2D eigenvalue weighted by Crippen LogP contribution is 2.25. The van der Waals surface area contributed by atoms with Gasteiger partial charge in [-0.05, 0) is 17.7 Å². The first kappa shape index (κ1) is 14.5. The van der Waals surface area contributed by atoms with Crippen molar-refractivity contribution < 1.29 is 9.50 Å². The molecule has 106 valence electrons. The van der Waals surface area contributed by atoms with Gasteiger partial charge in [0.2, 0.25) is 0 Å². The van der Waals surface area contributed by atoms with Gasteiger partial charge in [-0.15, -0.1) is 0 Å². The normalized spacial score (nSPS) is 13.8. The van der Waals surface area contributed by atoms with E-state index < -0.39 is 5.60 Å². The molecule has 0 radical (unpaired) electrons. The molecule has 0 saturated heterocycles. The van der Waals surface area contributed by atoms with Gasteiger partial charge in [-0.3, -0.25) is 0 Å². The highest BCUT2D eigenvalue weighted by molar-refractivity contribution is 5.47. The number of hydrogen-bond donors (Lipinski definition) is 2. The Bertz CT molecular complexity index is 561. The zero-order valence-corrected chi connectivity index (χ0v) is 11.5. The van der Waals surface area contributed by atoms with E-state index in [9.17, 15) is 9.50 Å².